The first-order valence-corrected chi connectivity index (χ1v) is 12.4. The van der Waals surface area contributed by atoms with Gasteiger partial charge in [0.25, 0.3) is 11.8 Å². The molecule has 35 heavy (non-hydrogen) atoms. The lowest BCUT2D eigenvalue weighted by molar-refractivity contribution is 0.0542. The molecule has 11 heteroatoms. The quantitative estimate of drug-likeness (QED) is 0.475. The third-order valence-electron chi connectivity index (χ3n) is 5.64. The Morgan fingerprint density at radius 1 is 1.09 bits per heavy atom. The fraction of sp³-hybridized carbons (Fsp3) is 0.292. The normalized spacial score (nSPS) is 14.0. The van der Waals surface area contributed by atoms with Crippen LogP contribution < -0.4 is 14.4 Å². The van der Waals surface area contributed by atoms with Crippen molar-refractivity contribution < 1.29 is 24.2 Å². The molecule has 1 aliphatic heterocycles. The number of anilines is 2. The molecule has 0 bridgehead atoms. The average molecular weight is 536 g/mol. The van der Waals surface area contributed by atoms with Gasteiger partial charge in [0.05, 0.1) is 36.6 Å². The van der Waals surface area contributed by atoms with Gasteiger partial charge in [0.1, 0.15) is 5.69 Å². The van der Waals surface area contributed by atoms with E-state index in [-0.39, 0.29) is 27.3 Å². The number of carbonyl (C=O) groups excluding carboxylic acids is 2. The van der Waals surface area contributed by atoms with Crippen molar-refractivity contribution in [3.8, 4) is 11.5 Å². The number of hydrogen-bond acceptors (Lipinski definition) is 7. The van der Waals surface area contributed by atoms with E-state index < -0.39 is 12.0 Å². The highest BCUT2D eigenvalue weighted by Crippen LogP contribution is 2.37. The minimum atomic E-state index is -0.451. The van der Waals surface area contributed by atoms with Crippen LogP contribution in [0.15, 0.2) is 41.8 Å². The lowest BCUT2D eigenvalue weighted by Gasteiger charge is -2.29. The van der Waals surface area contributed by atoms with E-state index in [0.717, 1.165) is 11.3 Å². The van der Waals surface area contributed by atoms with Crippen LogP contribution in [-0.4, -0.2) is 60.2 Å². The average Bonchev–Trinajstić information content (AvgIpc) is 3.33. The topological polar surface area (TPSA) is 92.2 Å². The van der Waals surface area contributed by atoms with Crippen LogP contribution in [0.2, 0.25) is 10.0 Å². The third kappa shape index (κ3) is 5.38. The largest absolute Gasteiger partial charge is 0.493 e. The summed E-state index contributed by atoms with van der Waals surface area (Å²) in [7, 11) is 3.02. The molecule has 1 aromatic heterocycles. The number of piperidine rings is 1. The number of halogens is 2. The fourth-order valence-electron chi connectivity index (χ4n) is 3.76. The first kappa shape index (κ1) is 25.2. The number of methoxy groups -OCH3 is 2. The molecule has 0 saturated carbocycles. The number of ether oxygens (including phenoxy) is 2. The Morgan fingerprint density at radius 2 is 1.80 bits per heavy atom. The SMILES string of the molecule is COc1ccc(N(C(=O)c2ccc(Cl)cc2Cl)c2nc(C(=O)N3CCC(O)CC3)cs2)cc1OC. The van der Waals surface area contributed by atoms with Gasteiger partial charge >= 0.3 is 0 Å². The predicted molar refractivity (Wildman–Crippen MR) is 136 cm³/mol. The van der Waals surface area contributed by atoms with Crippen molar-refractivity contribution in [2.75, 3.05) is 32.2 Å². The molecule has 3 aromatic rings. The predicted octanol–water partition coefficient (Wildman–Crippen LogP) is 5.04. The summed E-state index contributed by atoms with van der Waals surface area (Å²) in [6, 6.07) is 9.63. The number of aliphatic hydroxyl groups excluding tert-OH is 1. The van der Waals surface area contributed by atoms with Gasteiger partial charge in [0, 0.05) is 29.6 Å². The molecule has 8 nitrogen and oxygen atoms in total. The van der Waals surface area contributed by atoms with Crippen LogP contribution in [0.1, 0.15) is 33.7 Å². The van der Waals surface area contributed by atoms with E-state index in [4.69, 9.17) is 32.7 Å². The van der Waals surface area contributed by atoms with Crippen molar-refractivity contribution in [1.29, 1.82) is 0 Å². The Morgan fingerprint density at radius 3 is 2.46 bits per heavy atom. The van der Waals surface area contributed by atoms with Gasteiger partial charge in [-0.2, -0.15) is 0 Å². The van der Waals surface area contributed by atoms with Crippen molar-refractivity contribution in [2.45, 2.75) is 18.9 Å². The second-order valence-corrected chi connectivity index (χ2v) is 9.52. The summed E-state index contributed by atoms with van der Waals surface area (Å²) in [4.78, 5) is 34.3. The second-order valence-electron chi connectivity index (χ2n) is 7.84. The maximum absolute atomic E-state index is 13.7. The van der Waals surface area contributed by atoms with E-state index in [0.29, 0.717) is 48.1 Å². The number of thiazole rings is 1. The van der Waals surface area contributed by atoms with Crippen LogP contribution in [0.25, 0.3) is 0 Å². The minimum absolute atomic E-state index is 0.188. The van der Waals surface area contributed by atoms with Gasteiger partial charge in [0.2, 0.25) is 0 Å². The molecule has 2 amide bonds. The molecule has 2 heterocycles. The van der Waals surface area contributed by atoms with Gasteiger partial charge in [-0.05, 0) is 43.2 Å². The highest BCUT2D eigenvalue weighted by molar-refractivity contribution is 7.14. The van der Waals surface area contributed by atoms with Gasteiger partial charge in [-0.1, -0.05) is 23.2 Å². The van der Waals surface area contributed by atoms with Crippen molar-refractivity contribution >= 4 is 57.2 Å². The Labute approximate surface area is 216 Å². The van der Waals surface area contributed by atoms with Gasteiger partial charge in [-0.3, -0.25) is 14.5 Å². The van der Waals surface area contributed by atoms with Crippen LogP contribution >= 0.6 is 34.5 Å². The lowest BCUT2D eigenvalue weighted by Crippen LogP contribution is -2.40. The number of likely N-dealkylation sites (tertiary alicyclic amines) is 1. The van der Waals surface area contributed by atoms with Crippen LogP contribution in [-0.2, 0) is 0 Å². The van der Waals surface area contributed by atoms with Gasteiger partial charge < -0.3 is 19.5 Å². The minimum Gasteiger partial charge on any atom is -0.493 e. The number of benzene rings is 2. The molecule has 4 rings (SSSR count). The van der Waals surface area contributed by atoms with E-state index >= 15 is 0 Å². The van der Waals surface area contributed by atoms with Crippen molar-refractivity contribution in [2.24, 2.45) is 0 Å². The highest BCUT2D eigenvalue weighted by atomic mass is 35.5. The Kier molecular flexibility index (Phi) is 7.81. The number of rotatable bonds is 6. The van der Waals surface area contributed by atoms with Crippen molar-refractivity contribution in [1.82, 2.24) is 9.88 Å². The molecule has 2 aromatic carbocycles. The highest BCUT2D eigenvalue weighted by Gasteiger charge is 2.29. The molecule has 0 unspecified atom stereocenters. The van der Waals surface area contributed by atoms with E-state index in [9.17, 15) is 14.7 Å². The molecule has 0 radical (unpaired) electrons. The molecule has 0 atom stereocenters. The molecular formula is C24H23Cl2N3O5S. The molecule has 0 aliphatic carbocycles. The van der Waals surface area contributed by atoms with Gasteiger partial charge in [-0.25, -0.2) is 4.98 Å². The molecule has 1 aliphatic rings. The summed E-state index contributed by atoms with van der Waals surface area (Å²) < 4.78 is 10.7. The zero-order valence-corrected chi connectivity index (χ0v) is 21.4. The fourth-order valence-corrected chi connectivity index (χ4v) is 5.06. The molecule has 184 valence electrons. The van der Waals surface area contributed by atoms with Crippen LogP contribution in [0.3, 0.4) is 0 Å². The number of aromatic nitrogens is 1. The number of carbonyl (C=O) groups is 2. The molecular weight excluding hydrogens is 513 g/mol. The summed E-state index contributed by atoms with van der Waals surface area (Å²) in [5.41, 5.74) is 0.897. The Balaban J connectivity index is 1.74. The Bertz CT molecular complexity index is 1240. The molecule has 1 N–H and O–H groups in total. The van der Waals surface area contributed by atoms with Crippen LogP contribution in [0.5, 0.6) is 11.5 Å². The van der Waals surface area contributed by atoms with E-state index in [2.05, 4.69) is 4.98 Å². The number of hydrogen-bond donors (Lipinski definition) is 1. The summed E-state index contributed by atoms with van der Waals surface area (Å²) in [5.74, 6) is 0.220. The first-order valence-electron chi connectivity index (χ1n) is 10.8. The van der Waals surface area contributed by atoms with Gasteiger partial charge in [0.15, 0.2) is 16.6 Å². The maximum Gasteiger partial charge on any atom is 0.273 e. The summed E-state index contributed by atoms with van der Waals surface area (Å²) in [6.07, 6.45) is 0.648. The lowest BCUT2D eigenvalue weighted by atomic mass is 10.1. The smallest absolute Gasteiger partial charge is 0.273 e. The zero-order valence-electron chi connectivity index (χ0n) is 19.0. The van der Waals surface area contributed by atoms with E-state index in [1.54, 1.807) is 40.6 Å². The first-order chi connectivity index (χ1) is 16.8. The monoisotopic (exact) mass is 535 g/mol. The zero-order chi connectivity index (χ0) is 25.1. The molecule has 1 fully saturated rings. The number of amides is 2. The van der Waals surface area contributed by atoms with Crippen molar-refractivity contribution in [3.05, 3.63) is 63.1 Å². The summed E-state index contributed by atoms with van der Waals surface area (Å²) >= 11 is 13.5. The summed E-state index contributed by atoms with van der Waals surface area (Å²) in [6.45, 7) is 0.900. The van der Waals surface area contributed by atoms with E-state index in [1.807, 2.05) is 0 Å². The second kappa shape index (κ2) is 10.8. The number of nitrogens with zero attached hydrogens (tertiary/aromatic N) is 3. The van der Waals surface area contributed by atoms with E-state index in [1.165, 1.54) is 25.2 Å². The van der Waals surface area contributed by atoms with Crippen LogP contribution in [0.4, 0.5) is 10.8 Å². The number of aliphatic hydroxyl groups is 1. The van der Waals surface area contributed by atoms with Gasteiger partial charge in [-0.15, -0.1) is 11.3 Å². The van der Waals surface area contributed by atoms with Crippen LogP contribution in [0, 0.1) is 0 Å². The van der Waals surface area contributed by atoms with Crippen molar-refractivity contribution in [3.63, 3.8) is 0 Å². The Hall–Kier alpha value is -2.85. The molecule has 1 saturated heterocycles. The summed E-state index contributed by atoms with van der Waals surface area (Å²) in [5, 5.41) is 12.2. The maximum atomic E-state index is 13.7. The third-order valence-corrected chi connectivity index (χ3v) is 7.02. The standard InChI is InChI=1S/C24H23Cl2N3O5S/c1-33-20-6-4-15(12-21(20)34-2)29(22(31)17-5-3-14(25)11-18(17)26)24-27-19(13-35-24)23(32)28-9-7-16(30)8-10-28/h3-6,11-13,16,30H,7-10H2,1-2H3. The molecule has 0 spiro atoms.